The molecule has 104 valence electrons. The molecule has 19 heavy (non-hydrogen) atoms. The number of nitriles is 1. The van der Waals surface area contributed by atoms with Crippen molar-refractivity contribution in [1.82, 2.24) is 0 Å². The summed E-state index contributed by atoms with van der Waals surface area (Å²) in [6.07, 6.45) is 2.74. The molecule has 0 atom stereocenters. The summed E-state index contributed by atoms with van der Waals surface area (Å²) in [6.45, 7) is 4.60. The Labute approximate surface area is 123 Å². The second-order valence-corrected chi connectivity index (χ2v) is 5.95. The molecule has 0 radical (unpaired) electrons. The lowest BCUT2D eigenvalue weighted by atomic mass is 9.89. The van der Waals surface area contributed by atoms with Crippen molar-refractivity contribution in [3.63, 3.8) is 0 Å². The van der Waals surface area contributed by atoms with E-state index in [-0.39, 0.29) is 15.5 Å². The van der Waals surface area contributed by atoms with Crippen molar-refractivity contribution in [2.75, 3.05) is 11.9 Å². The minimum atomic E-state index is -0.593. The number of hydrogen-bond donors (Lipinski definition) is 1. The summed E-state index contributed by atoms with van der Waals surface area (Å²) < 4.78 is 13.2. The topological polar surface area (TPSA) is 35.8 Å². The summed E-state index contributed by atoms with van der Waals surface area (Å²) in [5, 5.41) is 12.1. The highest BCUT2D eigenvalue weighted by Gasteiger charge is 2.15. The monoisotopic (exact) mass is 302 g/mol. The van der Waals surface area contributed by atoms with E-state index in [1.54, 1.807) is 0 Å². The van der Waals surface area contributed by atoms with Gasteiger partial charge in [-0.25, -0.2) is 4.39 Å². The summed E-state index contributed by atoms with van der Waals surface area (Å²) in [5.74, 6) is -0.593. The highest BCUT2D eigenvalue weighted by molar-refractivity contribution is 6.35. The van der Waals surface area contributed by atoms with Crippen molar-refractivity contribution in [3.8, 4) is 6.07 Å². The lowest BCUT2D eigenvalue weighted by Crippen LogP contribution is -2.09. The fourth-order valence-corrected chi connectivity index (χ4v) is 2.13. The SMILES string of the molecule is CC(C)(C#N)CCCCNc1cc(Cl)c(F)c(Cl)c1. The maximum atomic E-state index is 13.2. The molecule has 0 unspecified atom stereocenters. The normalized spacial score (nSPS) is 11.2. The molecule has 1 rings (SSSR count). The van der Waals surface area contributed by atoms with Gasteiger partial charge in [0.05, 0.1) is 21.5 Å². The zero-order valence-electron chi connectivity index (χ0n) is 11.1. The van der Waals surface area contributed by atoms with Gasteiger partial charge >= 0.3 is 0 Å². The molecule has 0 aromatic heterocycles. The van der Waals surface area contributed by atoms with Gasteiger partial charge in [-0.2, -0.15) is 5.26 Å². The molecular formula is C14H17Cl2FN2. The Kier molecular flexibility index (Phi) is 5.90. The molecular weight excluding hydrogens is 286 g/mol. The fraction of sp³-hybridized carbons (Fsp3) is 0.500. The van der Waals surface area contributed by atoms with E-state index in [2.05, 4.69) is 11.4 Å². The highest BCUT2D eigenvalue weighted by atomic mass is 35.5. The lowest BCUT2D eigenvalue weighted by Gasteiger charge is -2.14. The molecule has 1 aromatic carbocycles. The molecule has 0 spiro atoms. The Balaban J connectivity index is 2.37. The van der Waals surface area contributed by atoms with Crippen LogP contribution in [0.2, 0.25) is 10.0 Å². The Morgan fingerprint density at radius 2 is 1.84 bits per heavy atom. The van der Waals surface area contributed by atoms with Gasteiger partial charge in [0.1, 0.15) is 0 Å². The third-order valence-electron chi connectivity index (χ3n) is 2.84. The second-order valence-electron chi connectivity index (χ2n) is 5.13. The van der Waals surface area contributed by atoms with Crippen molar-refractivity contribution in [3.05, 3.63) is 28.0 Å². The largest absolute Gasteiger partial charge is 0.385 e. The predicted octanol–water partition coefficient (Wildman–Crippen LogP) is 5.26. The van der Waals surface area contributed by atoms with Crippen molar-refractivity contribution in [2.45, 2.75) is 33.1 Å². The maximum Gasteiger partial charge on any atom is 0.160 e. The number of anilines is 1. The van der Waals surface area contributed by atoms with Gasteiger partial charge < -0.3 is 5.32 Å². The average Bonchev–Trinajstić information content (AvgIpc) is 2.35. The van der Waals surface area contributed by atoms with Crippen molar-refractivity contribution < 1.29 is 4.39 Å². The molecule has 1 aromatic rings. The van der Waals surface area contributed by atoms with Crippen molar-refractivity contribution >= 4 is 28.9 Å². The van der Waals surface area contributed by atoms with Gasteiger partial charge in [-0.1, -0.05) is 29.6 Å². The van der Waals surface area contributed by atoms with E-state index in [0.717, 1.165) is 25.8 Å². The van der Waals surface area contributed by atoms with Gasteiger partial charge in [0, 0.05) is 12.2 Å². The van der Waals surface area contributed by atoms with Crippen LogP contribution in [0.5, 0.6) is 0 Å². The third kappa shape index (κ3) is 5.26. The van der Waals surface area contributed by atoms with Gasteiger partial charge in [0.25, 0.3) is 0 Å². The first-order valence-corrected chi connectivity index (χ1v) is 6.91. The Hall–Kier alpha value is -0.980. The van der Waals surface area contributed by atoms with E-state index in [9.17, 15) is 4.39 Å². The molecule has 0 bridgehead atoms. The number of unbranched alkanes of at least 4 members (excludes halogenated alkanes) is 1. The fourth-order valence-electron chi connectivity index (χ4n) is 1.64. The Bertz CT molecular complexity index is 458. The number of hydrogen-bond acceptors (Lipinski definition) is 2. The zero-order valence-corrected chi connectivity index (χ0v) is 12.6. The molecule has 0 saturated carbocycles. The van der Waals surface area contributed by atoms with E-state index >= 15 is 0 Å². The van der Waals surface area contributed by atoms with Crippen LogP contribution in [-0.2, 0) is 0 Å². The van der Waals surface area contributed by atoms with Gasteiger partial charge in [-0.05, 0) is 38.8 Å². The lowest BCUT2D eigenvalue weighted by molar-refractivity contribution is 0.430. The first-order chi connectivity index (χ1) is 8.85. The van der Waals surface area contributed by atoms with Crippen LogP contribution in [0.3, 0.4) is 0 Å². The van der Waals surface area contributed by atoms with E-state index < -0.39 is 5.82 Å². The first kappa shape index (κ1) is 16.1. The second kappa shape index (κ2) is 6.98. The quantitative estimate of drug-likeness (QED) is 0.574. The van der Waals surface area contributed by atoms with Crippen LogP contribution in [0.25, 0.3) is 0 Å². The van der Waals surface area contributed by atoms with Gasteiger partial charge in [-0.15, -0.1) is 0 Å². The number of halogens is 3. The van der Waals surface area contributed by atoms with Gasteiger partial charge in [0.15, 0.2) is 5.82 Å². The molecule has 1 N–H and O–H groups in total. The van der Waals surface area contributed by atoms with Crippen LogP contribution in [0.15, 0.2) is 12.1 Å². The van der Waals surface area contributed by atoms with Crippen LogP contribution in [0.4, 0.5) is 10.1 Å². The summed E-state index contributed by atoms with van der Waals surface area (Å²) in [6, 6.07) is 5.31. The molecule has 2 nitrogen and oxygen atoms in total. The molecule has 0 heterocycles. The number of nitrogens with one attached hydrogen (secondary N) is 1. The van der Waals surface area contributed by atoms with E-state index in [1.807, 2.05) is 13.8 Å². The van der Waals surface area contributed by atoms with Crippen molar-refractivity contribution in [2.24, 2.45) is 5.41 Å². The van der Waals surface area contributed by atoms with E-state index in [1.165, 1.54) is 12.1 Å². The molecule has 0 aliphatic carbocycles. The van der Waals surface area contributed by atoms with Crippen LogP contribution < -0.4 is 5.32 Å². The molecule has 0 saturated heterocycles. The molecule has 0 aliphatic heterocycles. The summed E-state index contributed by atoms with van der Waals surface area (Å²) in [7, 11) is 0. The molecule has 0 aliphatic rings. The minimum absolute atomic E-state index is 0.0145. The molecule has 0 amide bonds. The molecule has 5 heteroatoms. The van der Waals surface area contributed by atoms with Gasteiger partial charge in [-0.3, -0.25) is 0 Å². The standard InChI is InChI=1S/C14H17Cl2FN2/c1-14(2,9-18)5-3-4-6-19-10-7-11(15)13(17)12(16)8-10/h7-8,19H,3-6H2,1-2H3. The third-order valence-corrected chi connectivity index (χ3v) is 3.39. The van der Waals surface area contributed by atoms with Gasteiger partial charge in [0.2, 0.25) is 0 Å². The Morgan fingerprint density at radius 1 is 1.26 bits per heavy atom. The number of nitrogens with zero attached hydrogens (tertiary/aromatic N) is 1. The van der Waals surface area contributed by atoms with Crippen molar-refractivity contribution in [1.29, 1.82) is 5.26 Å². The molecule has 0 fully saturated rings. The number of rotatable bonds is 6. The summed E-state index contributed by atoms with van der Waals surface area (Å²) >= 11 is 11.4. The highest BCUT2D eigenvalue weighted by Crippen LogP contribution is 2.27. The Morgan fingerprint density at radius 3 is 2.37 bits per heavy atom. The summed E-state index contributed by atoms with van der Waals surface area (Å²) in [4.78, 5) is 0. The predicted molar refractivity (Wildman–Crippen MR) is 78.2 cm³/mol. The van der Waals surface area contributed by atoms with Crippen LogP contribution >= 0.6 is 23.2 Å². The number of benzene rings is 1. The average molecular weight is 303 g/mol. The first-order valence-electron chi connectivity index (χ1n) is 6.15. The van der Waals surface area contributed by atoms with Crippen LogP contribution in [0.1, 0.15) is 33.1 Å². The van der Waals surface area contributed by atoms with E-state index in [0.29, 0.717) is 5.69 Å². The van der Waals surface area contributed by atoms with Crippen LogP contribution in [-0.4, -0.2) is 6.54 Å². The maximum absolute atomic E-state index is 13.2. The minimum Gasteiger partial charge on any atom is -0.385 e. The summed E-state index contributed by atoms with van der Waals surface area (Å²) in [5.41, 5.74) is 0.429. The zero-order chi connectivity index (χ0) is 14.5. The van der Waals surface area contributed by atoms with Crippen LogP contribution in [0, 0.1) is 22.6 Å². The van der Waals surface area contributed by atoms with E-state index in [4.69, 9.17) is 28.5 Å². The smallest absolute Gasteiger partial charge is 0.160 e.